The van der Waals surface area contributed by atoms with E-state index in [0.717, 1.165) is 32.7 Å². The molecule has 2 heterocycles. The van der Waals surface area contributed by atoms with Crippen molar-refractivity contribution in [3.63, 3.8) is 0 Å². The highest BCUT2D eigenvalue weighted by Crippen LogP contribution is 2.20. The summed E-state index contributed by atoms with van der Waals surface area (Å²) in [6.07, 6.45) is 1.85. The maximum Gasteiger partial charge on any atom is 0.272 e. The van der Waals surface area contributed by atoms with E-state index in [4.69, 9.17) is 0 Å². The van der Waals surface area contributed by atoms with Crippen LogP contribution in [0.4, 0.5) is 0 Å². The summed E-state index contributed by atoms with van der Waals surface area (Å²) in [7, 11) is 4.17. The van der Waals surface area contributed by atoms with Crippen molar-refractivity contribution in [1.29, 1.82) is 0 Å². The van der Waals surface area contributed by atoms with Crippen molar-refractivity contribution in [2.45, 2.75) is 26.1 Å². The maximum absolute atomic E-state index is 12.6. The van der Waals surface area contributed by atoms with E-state index >= 15 is 0 Å². The lowest BCUT2D eigenvalue weighted by Gasteiger charge is -2.22. The number of aromatic nitrogens is 2. The lowest BCUT2D eigenvalue weighted by Crippen LogP contribution is -2.43. The number of benzene rings is 1. The summed E-state index contributed by atoms with van der Waals surface area (Å²) in [6, 6.07) is 12.4. The van der Waals surface area contributed by atoms with Gasteiger partial charge in [0.1, 0.15) is 5.69 Å². The van der Waals surface area contributed by atoms with Crippen LogP contribution in [-0.4, -0.2) is 65.3 Å². The molecule has 1 saturated heterocycles. The van der Waals surface area contributed by atoms with Crippen LogP contribution in [0.3, 0.4) is 0 Å². The molecule has 2 aromatic rings. The highest BCUT2D eigenvalue weighted by molar-refractivity contribution is 5.92. The number of hydrogen-bond acceptors (Lipinski definition) is 4. The number of likely N-dealkylation sites (tertiary alicyclic amines) is 1. The van der Waals surface area contributed by atoms with Crippen molar-refractivity contribution in [3.8, 4) is 0 Å². The van der Waals surface area contributed by atoms with Gasteiger partial charge >= 0.3 is 0 Å². The second-order valence-corrected chi connectivity index (χ2v) is 7.34. The summed E-state index contributed by atoms with van der Waals surface area (Å²) in [4.78, 5) is 17.2. The van der Waals surface area contributed by atoms with Gasteiger partial charge in [-0.05, 0) is 32.6 Å². The summed E-state index contributed by atoms with van der Waals surface area (Å²) in [5.41, 5.74) is 1.81. The van der Waals surface area contributed by atoms with Crippen molar-refractivity contribution in [3.05, 3.63) is 53.9 Å². The monoisotopic (exact) mass is 355 g/mol. The summed E-state index contributed by atoms with van der Waals surface area (Å²) >= 11 is 0. The largest absolute Gasteiger partial charge is 0.346 e. The molecule has 1 fully saturated rings. The fraction of sp³-hybridized carbons (Fsp3) is 0.500. The summed E-state index contributed by atoms with van der Waals surface area (Å²) in [5.74, 6) is 0.332. The molecule has 0 unspecified atom stereocenters. The van der Waals surface area contributed by atoms with E-state index in [1.807, 2.05) is 19.2 Å². The Morgan fingerprint density at radius 3 is 2.65 bits per heavy atom. The van der Waals surface area contributed by atoms with Crippen LogP contribution in [0.5, 0.6) is 0 Å². The second kappa shape index (κ2) is 8.47. The molecule has 1 amide bonds. The van der Waals surface area contributed by atoms with Gasteiger partial charge in [0.15, 0.2) is 0 Å². The van der Waals surface area contributed by atoms with Gasteiger partial charge in [-0.15, -0.1) is 0 Å². The van der Waals surface area contributed by atoms with Gasteiger partial charge in [0.25, 0.3) is 5.91 Å². The molecule has 0 spiro atoms. The molecule has 1 aliphatic rings. The topological polar surface area (TPSA) is 53.4 Å². The van der Waals surface area contributed by atoms with E-state index in [1.54, 1.807) is 10.7 Å². The first kappa shape index (κ1) is 18.6. The number of carbonyl (C=O) groups is 1. The van der Waals surface area contributed by atoms with Gasteiger partial charge in [0, 0.05) is 50.9 Å². The molecule has 0 radical (unpaired) electrons. The number of nitrogens with one attached hydrogen (secondary N) is 1. The molecule has 0 bridgehead atoms. The Hall–Kier alpha value is -2.18. The quantitative estimate of drug-likeness (QED) is 0.821. The average molecular weight is 355 g/mol. The average Bonchev–Trinajstić information content (AvgIpc) is 3.23. The molecule has 1 N–H and O–H groups in total. The van der Waals surface area contributed by atoms with E-state index in [2.05, 4.69) is 58.6 Å². The zero-order chi connectivity index (χ0) is 18.5. The number of hydrogen-bond donors (Lipinski definition) is 1. The molecule has 1 aromatic carbocycles. The van der Waals surface area contributed by atoms with Crippen molar-refractivity contribution in [2.75, 3.05) is 33.7 Å². The van der Waals surface area contributed by atoms with Crippen LogP contribution in [0.15, 0.2) is 42.6 Å². The van der Waals surface area contributed by atoms with Crippen molar-refractivity contribution >= 4 is 5.91 Å². The Kier molecular flexibility index (Phi) is 6.06. The van der Waals surface area contributed by atoms with Gasteiger partial charge in [-0.1, -0.05) is 30.3 Å². The molecule has 1 aliphatic heterocycles. The Morgan fingerprint density at radius 2 is 2.00 bits per heavy atom. The number of amides is 1. The first-order chi connectivity index (χ1) is 12.5. The Bertz CT molecular complexity index is 712. The Labute approximate surface area is 155 Å². The van der Waals surface area contributed by atoms with Crippen molar-refractivity contribution in [2.24, 2.45) is 5.92 Å². The molecule has 3 rings (SSSR count). The van der Waals surface area contributed by atoms with Gasteiger partial charge in [-0.2, -0.15) is 5.10 Å². The third-order valence-electron chi connectivity index (χ3n) is 4.88. The predicted octanol–water partition coefficient (Wildman–Crippen LogP) is 1.69. The van der Waals surface area contributed by atoms with Gasteiger partial charge in [0.05, 0.1) is 0 Å². The Morgan fingerprint density at radius 1 is 1.23 bits per heavy atom. The van der Waals surface area contributed by atoms with E-state index in [0.29, 0.717) is 11.6 Å². The minimum atomic E-state index is -0.0764. The van der Waals surface area contributed by atoms with Crippen LogP contribution in [0.1, 0.15) is 23.0 Å². The number of aryl methyl sites for hydroxylation is 1. The molecule has 0 saturated carbocycles. The normalized spacial score (nSPS) is 20.6. The predicted molar refractivity (Wildman–Crippen MR) is 103 cm³/mol. The standard InChI is InChI=1S/C20H29N5O/c1-4-25-11-10-18(22-25)20(26)21-19-15-24(14-17(19)13-23(2)3)12-16-8-6-5-7-9-16/h5-11,17,19H,4,12-15H2,1-3H3,(H,21,26)/t17-,19-/m1/s1. The molecule has 6 heteroatoms. The highest BCUT2D eigenvalue weighted by Gasteiger charge is 2.34. The van der Waals surface area contributed by atoms with E-state index in [-0.39, 0.29) is 11.9 Å². The van der Waals surface area contributed by atoms with Gasteiger partial charge in [0.2, 0.25) is 0 Å². The van der Waals surface area contributed by atoms with Crippen LogP contribution in [0.25, 0.3) is 0 Å². The first-order valence-electron chi connectivity index (χ1n) is 9.30. The van der Waals surface area contributed by atoms with E-state index in [9.17, 15) is 4.79 Å². The van der Waals surface area contributed by atoms with Gasteiger partial charge < -0.3 is 10.2 Å². The Balaban J connectivity index is 1.65. The third kappa shape index (κ3) is 4.71. The summed E-state index contributed by atoms with van der Waals surface area (Å²) < 4.78 is 1.78. The van der Waals surface area contributed by atoms with E-state index < -0.39 is 0 Å². The zero-order valence-corrected chi connectivity index (χ0v) is 15.9. The van der Waals surface area contributed by atoms with Gasteiger partial charge in [-0.25, -0.2) is 0 Å². The molecular weight excluding hydrogens is 326 g/mol. The molecule has 1 aromatic heterocycles. The van der Waals surface area contributed by atoms with Crippen LogP contribution in [0.2, 0.25) is 0 Å². The first-order valence-corrected chi connectivity index (χ1v) is 9.30. The lowest BCUT2D eigenvalue weighted by atomic mass is 10.0. The van der Waals surface area contributed by atoms with Crippen molar-refractivity contribution in [1.82, 2.24) is 24.9 Å². The van der Waals surface area contributed by atoms with Crippen LogP contribution in [0, 0.1) is 5.92 Å². The maximum atomic E-state index is 12.6. The number of rotatable bonds is 7. The molecular formula is C20H29N5O. The van der Waals surface area contributed by atoms with Crippen molar-refractivity contribution < 1.29 is 4.79 Å². The van der Waals surface area contributed by atoms with Crippen LogP contribution in [-0.2, 0) is 13.1 Å². The number of nitrogens with zero attached hydrogens (tertiary/aromatic N) is 4. The molecule has 6 nitrogen and oxygen atoms in total. The summed E-state index contributed by atoms with van der Waals surface area (Å²) in [6.45, 7) is 6.52. The molecule has 2 atom stereocenters. The minimum Gasteiger partial charge on any atom is -0.346 e. The third-order valence-corrected chi connectivity index (χ3v) is 4.88. The SMILES string of the molecule is CCn1ccc(C(=O)N[C@@H]2CN(Cc3ccccc3)C[C@H]2CN(C)C)n1. The van der Waals surface area contributed by atoms with E-state index in [1.165, 1.54) is 5.56 Å². The van der Waals surface area contributed by atoms with Crippen LogP contribution < -0.4 is 5.32 Å². The smallest absolute Gasteiger partial charge is 0.272 e. The van der Waals surface area contributed by atoms with Gasteiger partial charge in [-0.3, -0.25) is 14.4 Å². The number of carbonyl (C=O) groups excluding carboxylic acids is 1. The lowest BCUT2D eigenvalue weighted by molar-refractivity contribution is 0.0921. The highest BCUT2D eigenvalue weighted by atomic mass is 16.2. The summed E-state index contributed by atoms with van der Waals surface area (Å²) in [5, 5.41) is 7.54. The molecule has 26 heavy (non-hydrogen) atoms. The minimum absolute atomic E-state index is 0.0764. The molecule has 0 aliphatic carbocycles. The second-order valence-electron chi connectivity index (χ2n) is 7.34. The fourth-order valence-corrected chi connectivity index (χ4v) is 3.65. The van der Waals surface area contributed by atoms with Crippen LogP contribution >= 0.6 is 0 Å². The zero-order valence-electron chi connectivity index (χ0n) is 15.9. The fourth-order valence-electron chi connectivity index (χ4n) is 3.65. The molecule has 140 valence electrons.